The Morgan fingerprint density at radius 1 is 1.21 bits per heavy atom. The van der Waals surface area contributed by atoms with Crippen LogP contribution in [0.5, 0.6) is 0 Å². The molecule has 0 spiro atoms. The monoisotopic (exact) mass is 356 g/mol. The maximum atomic E-state index is 12.5. The fraction of sp³-hybridized carbons (Fsp3) is 0.688. The van der Waals surface area contributed by atoms with Gasteiger partial charge in [0.25, 0.3) is 15.9 Å². The molecule has 1 aromatic heterocycles. The fourth-order valence-electron chi connectivity index (χ4n) is 3.27. The van der Waals surface area contributed by atoms with Crippen LogP contribution in [-0.4, -0.2) is 51.0 Å². The van der Waals surface area contributed by atoms with Crippen molar-refractivity contribution in [2.45, 2.75) is 43.7 Å². The van der Waals surface area contributed by atoms with Gasteiger partial charge in [0.1, 0.15) is 0 Å². The third-order valence-corrected chi connectivity index (χ3v) is 6.57. The van der Waals surface area contributed by atoms with Crippen LogP contribution in [-0.2, 0) is 14.8 Å². The second-order valence-corrected chi connectivity index (χ2v) is 8.35. The maximum Gasteiger partial charge on any atom is 0.287 e. The van der Waals surface area contributed by atoms with Crippen LogP contribution in [0.15, 0.2) is 21.6 Å². The number of hydrogen-bond acceptors (Lipinski definition) is 5. The Morgan fingerprint density at radius 2 is 1.92 bits per heavy atom. The van der Waals surface area contributed by atoms with E-state index in [1.54, 1.807) is 0 Å². The highest BCUT2D eigenvalue weighted by molar-refractivity contribution is 7.89. The van der Waals surface area contributed by atoms with Crippen molar-refractivity contribution in [3.8, 4) is 0 Å². The Bertz CT molecular complexity index is 678. The van der Waals surface area contributed by atoms with Gasteiger partial charge in [-0.2, -0.15) is 4.31 Å². The Balaban J connectivity index is 1.69. The van der Waals surface area contributed by atoms with Gasteiger partial charge in [0, 0.05) is 19.1 Å². The summed E-state index contributed by atoms with van der Waals surface area (Å²) in [4.78, 5) is 12.3. The molecule has 2 heterocycles. The van der Waals surface area contributed by atoms with Crippen LogP contribution in [0.1, 0.15) is 43.2 Å². The van der Waals surface area contributed by atoms with Gasteiger partial charge in [0.05, 0.1) is 13.2 Å². The number of rotatable bonds is 4. The quantitative estimate of drug-likeness (QED) is 0.885. The first-order valence-electron chi connectivity index (χ1n) is 8.47. The van der Waals surface area contributed by atoms with Crippen LogP contribution in [0.3, 0.4) is 0 Å². The predicted octanol–water partition coefficient (Wildman–Crippen LogP) is 1.61. The van der Waals surface area contributed by atoms with Gasteiger partial charge < -0.3 is 14.5 Å². The summed E-state index contributed by atoms with van der Waals surface area (Å²) >= 11 is 0. The van der Waals surface area contributed by atoms with E-state index in [1.165, 1.54) is 22.9 Å². The van der Waals surface area contributed by atoms with Crippen LogP contribution >= 0.6 is 0 Å². The van der Waals surface area contributed by atoms with Crippen molar-refractivity contribution >= 4 is 15.9 Å². The maximum absolute atomic E-state index is 12.5. The van der Waals surface area contributed by atoms with Crippen LogP contribution in [0.2, 0.25) is 0 Å². The number of ether oxygens (including phenoxy) is 1. The Labute approximate surface area is 142 Å². The first-order chi connectivity index (χ1) is 11.5. The second kappa shape index (κ2) is 7.25. The van der Waals surface area contributed by atoms with E-state index in [-0.39, 0.29) is 22.8 Å². The molecule has 24 heavy (non-hydrogen) atoms. The number of sulfonamides is 1. The van der Waals surface area contributed by atoms with Gasteiger partial charge in [-0.05, 0) is 30.9 Å². The van der Waals surface area contributed by atoms with Crippen molar-refractivity contribution < 1.29 is 22.4 Å². The summed E-state index contributed by atoms with van der Waals surface area (Å²) in [6.45, 7) is 3.45. The van der Waals surface area contributed by atoms with Crippen molar-refractivity contribution in [3.05, 3.63) is 17.9 Å². The zero-order valence-corrected chi connectivity index (χ0v) is 14.7. The average Bonchev–Trinajstić information content (AvgIpc) is 3.09. The molecule has 2 aliphatic rings. The van der Waals surface area contributed by atoms with Crippen molar-refractivity contribution in [1.82, 2.24) is 9.62 Å². The zero-order valence-electron chi connectivity index (χ0n) is 13.9. The smallest absolute Gasteiger partial charge is 0.287 e. The lowest BCUT2D eigenvalue weighted by Gasteiger charge is -2.29. The third-order valence-electron chi connectivity index (χ3n) is 4.80. The molecule has 1 saturated carbocycles. The number of nitrogens with zero attached hydrogens (tertiary/aromatic N) is 1. The SMILES string of the molecule is C[C@H]1CCCC[C@@H]1NC(=O)c1ccc(S(=O)(=O)N2CCOCC2)o1. The number of morpholine rings is 1. The molecule has 1 N–H and O–H groups in total. The third kappa shape index (κ3) is 3.65. The van der Waals surface area contributed by atoms with Crippen LogP contribution in [0.4, 0.5) is 0 Å². The summed E-state index contributed by atoms with van der Waals surface area (Å²) in [6, 6.07) is 2.90. The van der Waals surface area contributed by atoms with E-state index in [2.05, 4.69) is 12.2 Å². The Morgan fingerprint density at radius 3 is 2.62 bits per heavy atom. The molecular formula is C16H24N2O5S. The Kier molecular flexibility index (Phi) is 5.27. The number of carbonyl (C=O) groups excluding carboxylic acids is 1. The van der Waals surface area contributed by atoms with E-state index >= 15 is 0 Å². The van der Waals surface area contributed by atoms with Crippen molar-refractivity contribution in [2.24, 2.45) is 5.92 Å². The standard InChI is InChI=1S/C16H24N2O5S/c1-12-4-2-3-5-13(12)17-16(19)14-6-7-15(23-14)24(20,21)18-8-10-22-11-9-18/h6-7,12-13H,2-5,8-11H2,1H3,(H,17,19)/t12-,13-/m0/s1. The van der Waals surface area contributed by atoms with Gasteiger partial charge in [0.2, 0.25) is 5.09 Å². The molecule has 2 atom stereocenters. The van der Waals surface area contributed by atoms with E-state index in [4.69, 9.17) is 9.15 Å². The van der Waals surface area contributed by atoms with Gasteiger partial charge in [0.15, 0.2) is 5.76 Å². The lowest BCUT2D eigenvalue weighted by molar-refractivity contribution is 0.0722. The van der Waals surface area contributed by atoms with E-state index in [0.717, 1.165) is 19.3 Å². The second-order valence-electron chi connectivity index (χ2n) is 6.48. The summed E-state index contributed by atoms with van der Waals surface area (Å²) in [5, 5.41) is 2.78. The van der Waals surface area contributed by atoms with Crippen LogP contribution in [0.25, 0.3) is 0 Å². The van der Waals surface area contributed by atoms with Gasteiger partial charge in [-0.1, -0.05) is 19.8 Å². The normalized spacial score (nSPS) is 26.2. The van der Waals surface area contributed by atoms with Gasteiger partial charge in [-0.25, -0.2) is 8.42 Å². The molecular weight excluding hydrogens is 332 g/mol. The number of hydrogen-bond donors (Lipinski definition) is 1. The molecule has 8 heteroatoms. The lowest BCUT2D eigenvalue weighted by Crippen LogP contribution is -2.41. The average molecular weight is 356 g/mol. The summed E-state index contributed by atoms with van der Waals surface area (Å²) in [7, 11) is -3.71. The highest BCUT2D eigenvalue weighted by Gasteiger charge is 2.31. The molecule has 1 aliphatic heterocycles. The summed E-state index contributed by atoms with van der Waals surface area (Å²) in [6.07, 6.45) is 4.34. The van der Waals surface area contributed by atoms with Crippen molar-refractivity contribution in [1.29, 1.82) is 0 Å². The first-order valence-corrected chi connectivity index (χ1v) is 9.91. The molecule has 1 amide bonds. The summed E-state index contributed by atoms with van der Waals surface area (Å²) in [5.74, 6) is 0.117. The van der Waals surface area contributed by atoms with Gasteiger partial charge in [-0.3, -0.25) is 4.79 Å². The van der Waals surface area contributed by atoms with Crippen molar-refractivity contribution in [2.75, 3.05) is 26.3 Å². The van der Waals surface area contributed by atoms with Crippen LogP contribution < -0.4 is 5.32 Å². The summed E-state index contributed by atoms with van der Waals surface area (Å²) < 4.78 is 36.9. The largest absolute Gasteiger partial charge is 0.438 e. The number of furan rings is 1. The Hall–Kier alpha value is -1.38. The van der Waals surface area contributed by atoms with E-state index in [9.17, 15) is 13.2 Å². The number of carbonyl (C=O) groups is 1. The van der Waals surface area contributed by atoms with E-state index in [1.807, 2.05) is 0 Å². The minimum absolute atomic E-state index is 0.0413. The zero-order chi connectivity index (χ0) is 17.2. The molecule has 0 radical (unpaired) electrons. The molecule has 134 valence electrons. The molecule has 1 saturated heterocycles. The molecule has 1 aromatic rings. The molecule has 7 nitrogen and oxygen atoms in total. The highest BCUT2D eigenvalue weighted by Crippen LogP contribution is 2.25. The highest BCUT2D eigenvalue weighted by atomic mass is 32.2. The first kappa shape index (κ1) is 17.4. The predicted molar refractivity (Wildman–Crippen MR) is 87.2 cm³/mol. The topological polar surface area (TPSA) is 88.9 Å². The van der Waals surface area contributed by atoms with Gasteiger partial charge >= 0.3 is 0 Å². The van der Waals surface area contributed by atoms with E-state index in [0.29, 0.717) is 32.2 Å². The lowest BCUT2D eigenvalue weighted by atomic mass is 9.86. The molecule has 0 aromatic carbocycles. The van der Waals surface area contributed by atoms with Gasteiger partial charge in [-0.15, -0.1) is 0 Å². The molecule has 0 unspecified atom stereocenters. The van der Waals surface area contributed by atoms with E-state index < -0.39 is 10.0 Å². The minimum atomic E-state index is -3.71. The molecule has 2 fully saturated rings. The van der Waals surface area contributed by atoms with Crippen molar-refractivity contribution in [3.63, 3.8) is 0 Å². The molecule has 3 rings (SSSR count). The number of nitrogens with one attached hydrogen (secondary N) is 1. The minimum Gasteiger partial charge on any atom is -0.438 e. The number of amides is 1. The summed E-state index contributed by atoms with van der Waals surface area (Å²) in [5.41, 5.74) is 0. The molecule has 1 aliphatic carbocycles. The van der Waals surface area contributed by atoms with Crippen LogP contribution in [0, 0.1) is 5.92 Å². The molecule has 0 bridgehead atoms. The fourth-order valence-corrected chi connectivity index (χ4v) is 4.58.